The number of morpholine rings is 2. The zero-order chi connectivity index (χ0) is 24.1. The molecule has 1 aromatic carbocycles. The number of aromatic nitrogens is 1. The van der Waals surface area contributed by atoms with Gasteiger partial charge >= 0.3 is 0 Å². The number of halogens is 1. The molecule has 2 aromatic rings. The van der Waals surface area contributed by atoms with Crippen LogP contribution in [-0.2, 0) is 25.5 Å². The van der Waals surface area contributed by atoms with Crippen LogP contribution in [-0.4, -0.2) is 84.8 Å². The molecule has 0 radical (unpaired) electrons. The lowest BCUT2D eigenvalue weighted by Crippen LogP contribution is -2.59. The van der Waals surface area contributed by atoms with Crippen LogP contribution < -0.4 is 4.74 Å². The summed E-state index contributed by atoms with van der Waals surface area (Å²) in [5.74, 6) is 0.591. The number of nitrogens with zero attached hydrogens (tertiary/aromatic N) is 3. The van der Waals surface area contributed by atoms with Crippen LogP contribution in [0.25, 0.3) is 0 Å². The third kappa shape index (κ3) is 6.27. The molecule has 10 heteroatoms. The van der Waals surface area contributed by atoms with Crippen molar-refractivity contribution in [3.8, 4) is 5.75 Å². The predicted molar refractivity (Wildman–Crippen MR) is 130 cm³/mol. The first-order valence-corrected chi connectivity index (χ1v) is 12.7. The van der Waals surface area contributed by atoms with E-state index in [4.69, 9.17) is 25.8 Å². The third-order valence-corrected chi connectivity index (χ3v) is 7.31. The summed E-state index contributed by atoms with van der Waals surface area (Å²) in [5, 5.41) is 3.50. The van der Waals surface area contributed by atoms with E-state index < -0.39 is 5.60 Å². The van der Waals surface area contributed by atoms with E-state index in [2.05, 4.69) is 4.98 Å². The molecule has 1 atom stereocenters. The maximum atomic E-state index is 13.2. The zero-order valence-corrected chi connectivity index (χ0v) is 21.1. The van der Waals surface area contributed by atoms with Crippen molar-refractivity contribution in [3.63, 3.8) is 0 Å². The lowest BCUT2D eigenvalue weighted by molar-refractivity contribution is -0.167. The fraction of sp³-hybridized carbons (Fsp3) is 0.542. The van der Waals surface area contributed by atoms with Gasteiger partial charge in [0.2, 0.25) is 11.8 Å². The van der Waals surface area contributed by atoms with Crippen molar-refractivity contribution in [1.82, 2.24) is 14.8 Å². The highest BCUT2D eigenvalue weighted by Gasteiger charge is 2.42. The molecule has 184 valence electrons. The topological polar surface area (TPSA) is 81.2 Å². The van der Waals surface area contributed by atoms with Crippen LogP contribution in [0.4, 0.5) is 0 Å². The Balaban J connectivity index is 1.49. The number of thiazole rings is 1. The molecule has 2 aliphatic heterocycles. The number of carbonyl (C=O) groups is 2. The van der Waals surface area contributed by atoms with E-state index in [1.165, 1.54) is 11.3 Å². The van der Waals surface area contributed by atoms with Gasteiger partial charge in [0.15, 0.2) is 0 Å². The number of hydrogen-bond donors (Lipinski definition) is 0. The van der Waals surface area contributed by atoms with Gasteiger partial charge in [-0.25, -0.2) is 4.98 Å². The lowest BCUT2D eigenvalue weighted by Gasteiger charge is -2.43. The van der Waals surface area contributed by atoms with Crippen LogP contribution >= 0.6 is 22.9 Å². The molecule has 1 aromatic heterocycles. The smallest absolute Gasteiger partial charge is 0.228 e. The molecule has 2 aliphatic rings. The molecule has 34 heavy (non-hydrogen) atoms. The monoisotopic (exact) mass is 507 g/mol. The second-order valence-electron chi connectivity index (χ2n) is 8.75. The summed E-state index contributed by atoms with van der Waals surface area (Å²) in [6.45, 7) is 7.21. The number of aryl methyl sites for hydroxylation is 2. The SMILES string of the molecule is Cc1nc(CC(=O)N2CCO[C@@](COc3ccc(Cl)c(C)c3)(CC(=O)N3CCOCC3)C2)cs1. The molecule has 0 saturated carbocycles. The summed E-state index contributed by atoms with van der Waals surface area (Å²) in [5.41, 5.74) is 0.717. The molecular formula is C24H30ClN3O5S. The molecule has 2 amide bonds. The minimum atomic E-state index is -0.950. The number of benzene rings is 1. The number of rotatable bonds is 7. The van der Waals surface area contributed by atoms with Crippen molar-refractivity contribution >= 4 is 34.8 Å². The summed E-state index contributed by atoms with van der Waals surface area (Å²) < 4.78 is 17.7. The molecule has 0 aliphatic carbocycles. The summed E-state index contributed by atoms with van der Waals surface area (Å²) >= 11 is 7.67. The highest BCUT2D eigenvalue weighted by molar-refractivity contribution is 7.09. The van der Waals surface area contributed by atoms with Crippen LogP contribution in [0.2, 0.25) is 5.02 Å². The Hall–Kier alpha value is -2.20. The Morgan fingerprint density at radius 2 is 1.91 bits per heavy atom. The molecule has 0 bridgehead atoms. The highest BCUT2D eigenvalue weighted by Crippen LogP contribution is 2.28. The quantitative estimate of drug-likeness (QED) is 0.573. The lowest BCUT2D eigenvalue weighted by atomic mass is 9.96. The van der Waals surface area contributed by atoms with Gasteiger partial charge in [-0.05, 0) is 37.6 Å². The average molecular weight is 508 g/mol. The Bertz CT molecular complexity index is 1030. The summed E-state index contributed by atoms with van der Waals surface area (Å²) in [6.07, 6.45) is 0.355. The van der Waals surface area contributed by atoms with Gasteiger partial charge < -0.3 is 24.0 Å². The van der Waals surface area contributed by atoms with Gasteiger partial charge in [-0.1, -0.05) is 11.6 Å². The van der Waals surface area contributed by atoms with Gasteiger partial charge in [0, 0.05) is 30.0 Å². The van der Waals surface area contributed by atoms with Crippen molar-refractivity contribution in [1.29, 1.82) is 0 Å². The molecule has 3 heterocycles. The summed E-state index contributed by atoms with van der Waals surface area (Å²) in [7, 11) is 0. The molecular weight excluding hydrogens is 478 g/mol. The molecule has 2 fully saturated rings. The second-order valence-corrected chi connectivity index (χ2v) is 10.2. The number of ether oxygens (including phenoxy) is 3. The van der Waals surface area contributed by atoms with Gasteiger partial charge in [-0.3, -0.25) is 9.59 Å². The first-order chi connectivity index (χ1) is 16.3. The second kappa shape index (κ2) is 11.0. The van der Waals surface area contributed by atoms with Crippen LogP contribution in [0.15, 0.2) is 23.6 Å². The van der Waals surface area contributed by atoms with Crippen LogP contribution in [0.3, 0.4) is 0 Å². The van der Waals surface area contributed by atoms with Crippen molar-refractivity contribution in [3.05, 3.63) is 44.9 Å². The van der Waals surface area contributed by atoms with Crippen molar-refractivity contribution in [2.75, 3.05) is 52.6 Å². The standard InChI is InChI=1S/C24H30ClN3O5S/c1-17-11-20(3-4-21(17)25)32-16-24(13-23(30)27-5-8-31-9-6-27)15-28(7-10-33-24)22(29)12-19-14-34-18(2)26-19/h3-4,11,14H,5-10,12-13,15-16H2,1-2H3/t24-/m0/s1. The zero-order valence-electron chi connectivity index (χ0n) is 19.5. The van der Waals surface area contributed by atoms with Crippen molar-refractivity contribution in [2.24, 2.45) is 0 Å². The number of carbonyl (C=O) groups excluding carboxylic acids is 2. The van der Waals surface area contributed by atoms with Gasteiger partial charge in [-0.2, -0.15) is 0 Å². The summed E-state index contributed by atoms with van der Waals surface area (Å²) in [6, 6.07) is 5.43. The Labute approximate surface area is 208 Å². The third-order valence-electron chi connectivity index (χ3n) is 6.07. The largest absolute Gasteiger partial charge is 0.490 e. The maximum absolute atomic E-state index is 13.2. The van der Waals surface area contributed by atoms with Crippen LogP contribution in [0, 0.1) is 13.8 Å². The molecule has 0 N–H and O–H groups in total. The predicted octanol–water partition coefficient (Wildman–Crippen LogP) is 2.88. The van der Waals surface area contributed by atoms with E-state index in [0.29, 0.717) is 50.2 Å². The Morgan fingerprint density at radius 3 is 2.62 bits per heavy atom. The first kappa shape index (κ1) is 24.9. The van der Waals surface area contributed by atoms with Crippen LogP contribution in [0.1, 0.15) is 22.7 Å². The van der Waals surface area contributed by atoms with E-state index in [0.717, 1.165) is 16.3 Å². The molecule has 4 rings (SSSR count). The Morgan fingerprint density at radius 1 is 1.15 bits per heavy atom. The van der Waals surface area contributed by atoms with Gasteiger partial charge in [0.05, 0.1) is 49.9 Å². The number of hydrogen-bond acceptors (Lipinski definition) is 7. The normalized spacial score (nSPS) is 20.9. The minimum Gasteiger partial charge on any atom is -0.490 e. The Kier molecular flexibility index (Phi) is 8.08. The molecule has 8 nitrogen and oxygen atoms in total. The van der Waals surface area contributed by atoms with Crippen LogP contribution in [0.5, 0.6) is 5.75 Å². The average Bonchev–Trinajstić information content (AvgIpc) is 3.25. The first-order valence-electron chi connectivity index (χ1n) is 11.4. The van der Waals surface area contributed by atoms with E-state index in [1.54, 1.807) is 21.9 Å². The van der Waals surface area contributed by atoms with Gasteiger partial charge in [0.1, 0.15) is 18.0 Å². The fourth-order valence-electron chi connectivity index (χ4n) is 4.18. The van der Waals surface area contributed by atoms with E-state index in [-0.39, 0.29) is 37.8 Å². The molecule has 0 spiro atoms. The summed E-state index contributed by atoms with van der Waals surface area (Å²) in [4.78, 5) is 34.2. The van der Waals surface area contributed by atoms with Crippen molar-refractivity contribution in [2.45, 2.75) is 32.3 Å². The van der Waals surface area contributed by atoms with Gasteiger partial charge in [-0.15, -0.1) is 11.3 Å². The van der Waals surface area contributed by atoms with E-state index in [9.17, 15) is 9.59 Å². The number of amides is 2. The van der Waals surface area contributed by atoms with E-state index in [1.807, 2.05) is 25.3 Å². The molecule has 2 saturated heterocycles. The fourth-order valence-corrected chi connectivity index (χ4v) is 4.91. The molecule has 0 unspecified atom stereocenters. The van der Waals surface area contributed by atoms with Crippen molar-refractivity contribution < 1.29 is 23.8 Å². The van der Waals surface area contributed by atoms with Gasteiger partial charge in [0.25, 0.3) is 0 Å². The van der Waals surface area contributed by atoms with E-state index >= 15 is 0 Å². The maximum Gasteiger partial charge on any atom is 0.228 e. The minimum absolute atomic E-state index is 0.0244. The highest BCUT2D eigenvalue weighted by atomic mass is 35.5.